The summed E-state index contributed by atoms with van der Waals surface area (Å²) in [7, 11) is -3.09. The van der Waals surface area contributed by atoms with Gasteiger partial charge in [0.1, 0.15) is 5.60 Å². The molecule has 0 spiro atoms. The Labute approximate surface area is 236 Å². The lowest BCUT2D eigenvalue weighted by Crippen LogP contribution is -2.65. The van der Waals surface area contributed by atoms with E-state index < -0.39 is 13.9 Å². The molecule has 1 fully saturated rings. The van der Waals surface area contributed by atoms with E-state index in [-0.39, 0.29) is 17.2 Å². The van der Waals surface area contributed by atoms with Crippen LogP contribution in [0.25, 0.3) is 0 Å². The number of ether oxygens (including phenoxy) is 1. The van der Waals surface area contributed by atoms with Gasteiger partial charge in [-0.3, -0.25) is 0 Å². The Kier molecular flexibility index (Phi) is 9.02. The number of hydrogen-bond acceptors (Lipinski definition) is 3. The lowest BCUT2D eigenvalue weighted by molar-refractivity contribution is 0.0466. The molecule has 5 heteroatoms. The third-order valence-electron chi connectivity index (χ3n) is 8.34. The fraction of sp³-hybridized carbons (Fsp3) is 0.441. The van der Waals surface area contributed by atoms with Gasteiger partial charge < -0.3 is 14.8 Å². The number of carbonyl (C=O) groups is 1. The number of amides is 1. The second-order valence-corrected chi connectivity index (χ2v) is 16.8. The average Bonchev–Trinajstić information content (AvgIpc) is 2.90. The Morgan fingerprint density at radius 1 is 0.821 bits per heavy atom. The molecule has 1 amide bonds. The summed E-state index contributed by atoms with van der Waals surface area (Å²) in [6, 6.07) is 31.4. The zero-order valence-corrected chi connectivity index (χ0v) is 25.2. The van der Waals surface area contributed by atoms with Crippen LogP contribution in [-0.4, -0.2) is 30.8 Å². The average molecular weight is 544 g/mol. The third kappa shape index (κ3) is 7.20. The van der Waals surface area contributed by atoms with Crippen molar-refractivity contribution in [3.8, 4) is 0 Å². The molecule has 0 aliphatic heterocycles. The molecule has 1 saturated carbocycles. The van der Waals surface area contributed by atoms with Crippen LogP contribution in [0.15, 0.2) is 91.0 Å². The number of carbonyl (C=O) groups excluding carboxylic acids is 1. The van der Waals surface area contributed by atoms with Crippen LogP contribution in [0.1, 0.15) is 65.9 Å². The largest absolute Gasteiger partial charge is 0.444 e. The molecule has 2 N–H and O–H groups in total. The lowest BCUT2D eigenvalue weighted by atomic mass is 9.71. The molecule has 0 saturated heterocycles. The Balaban J connectivity index is 1.60. The van der Waals surface area contributed by atoms with Crippen LogP contribution in [0, 0.1) is 11.8 Å². The van der Waals surface area contributed by atoms with E-state index in [1.54, 1.807) is 0 Å². The Hall–Kier alpha value is -2.89. The highest BCUT2D eigenvalue weighted by atomic mass is 28.4. The van der Waals surface area contributed by atoms with E-state index in [0.717, 1.165) is 42.5 Å². The molecule has 0 radical (unpaired) electrons. The number of benzene rings is 3. The van der Waals surface area contributed by atoms with Crippen molar-refractivity contribution in [1.82, 2.24) is 5.32 Å². The molecule has 0 aromatic heterocycles. The molecule has 1 aliphatic carbocycles. The minimum Gasteiger partial charge on any atom is -0.444 e. The van der Waals surface area contributed by atoms with Gasteiger partial charge in [0.15, 0.2) is 0 Å². The topological polar surface area (TPSA) is 58.6 Å². The smallest absolute Gasteiger partial charge is 0.407 e. The predicted molar refractivity (Wildman–Crippen MR) is 163 cm³/mol. The second kappa shape index (κ2) is 12.1. The molecule has 3 atom stereocenters. The molecular weight excluding hydrogens is 498 g/mol. The van der Waals surface area contributed by atoms with Crippen molar-refractivity contribution >= 4 is 24.8 Å². The van der Waals surface area contributed by atoms with Gasteiger partial charge in [-0.15, -0.1) is 0 Å². The molecule has 208 valence electrons. The van der Waals surface area contributed by atoms with Gasteiger partial charge in [-0.25, -0.2) is 4.79 Å². The van der Waals surface area contributed by atoms with Gasteiger partial charge in [0, 0.05) is 6.04 Å². The van der Waals surface area contributed by atoms with E-state index >= 15 is 0 Å². The quantitative estimate of drug-likeness (QED) is 0.321. The normalized spacial score (nSPS) is 20.3. The van der Waals surface area contributed by atoms with Crippen LogP contribution in [0.4, 0.5) is 4.79 Å². The summed E-state index contributed by atoms with van der Waals surface area (Å²) < 4.78 is 5.57. The number of rotatable bonds is 8. The summed E-state index contributed by atoms with van der Waals surface area (Å²) in [5.41, 5.74) is 0.806. The zero-order valence-electron chi connectivity index (χ0n) is 24.2. The summed E-state index contributed by atoms with van der Waals surface area (Å²) in [6.07, 6.45) is 4.39. The van der Waals surface area contributed by atoms with Crippen molar-refractivity contribution < 1.29 is 14.3 Å². The fourth-order valence-electron chi connectivity index (χ4n) is 6.48. The minimum atomic E-state index is -3.09. The summed E-state index contributed by atoms with van der Waals surface area (Å²) in [6.45, 7) is 10.2. The highest BCUT2D eigenvalue weighted by Crippen LogP contribution is 2.47. The maximum atomic E-state index is 12.7. The highest BCUT2D eigenvalue weighted by molar-refractivity contribution is 6.98. The third-order valence-corrected chi connectivity index (χ3v) is 12.8. The van der Waals surface area contributed by atoms with Crippen molar-refractivity contribution in [2.75, 3.05) is 0 Å². The van der Waals surface area contributed by atoms with E-state index in [2.05, 4.69) is 73.8 Å². The molecule has 3 aromatic carbocycles. The molecule has 4 rings (SSSR count). The van der Waals surface area contributed by atoms with Gasteiger partial charge >= 0.3 is 6.09 Å². The summed E-state index contributed by atoms with van der Waals surface area (Å²) >= 11 is 0. The van der Waals surface area contributed by atoms with E-state index in [0.29, 0.717) is 11.8 Å². The first-order valence-electron chi connectivity index (χ1n) is 14.3. The van der Waals surface area contributed by atoms with Gasteiger partial charge in [0.25, 0.3) is 8.32 Å². The zero-order chi connectivity index (χ0) is 28.1. The van der Waals surface area contributed by atoms with Crippen molar-refractivity contribution in [2.45, 2.75) is 83.4 Å². The molecule has 0 unspecified atom stereocenters. The standard InChI is InChI=1S/C34H45NO3Si/c1-33(2,3)38-32(36)35-29-22-21-27(28(24-29)23-26-15-9-6-10-16-26)25-34(4,5)39(37,30-17-11-7-12-18-30)31-19-13-8-14-20-31/h6-20,27-29,37H,21-25H2,1-5H3,(H,35,36)/t27-,28+,29-/m1/s1. The predicted octanol–water partition coefficient (Wildman–Crippen LogP) is 6.46. The van der Waals surface area contributed by atoms with Crippen LogP contribution in [0.2, 0.25) is 5.04 Å². The Bertz CT molecular complexity index is 1150. The highest BCUT2D eigenvalue weighted by Gasteiger charge is 2.51. The maximum absolute atomic E-state index is 12.7. The maximum Gasteiger partial charge on any atom is 0.407 e. The van der Waals surface area contributed by atoms with Gasteiger partial charge in [-0.1, -0.05) is 105 Å². The summed E-state index contributed by atoms with van der Waals surface area (Å²) in [5, 5.41) is 4.96. The lowest BCUT2D eigenvalue weighted by Gasteiger charge is -2.46. The van der Waals surface area contributed by atoms with Crippen LogP contribution in [-0.2, 0) is 11.2 Å². The molecule has 0 bridgehead atoms. The molecule has 0 heterocycles. The summed E-state index contributed by atoms with van der Waals surface area (Å²) in [4.78, 5) is 25.3. The SMILES string of the molecule is CC(C)(C)OC(=O)N[C@@H]1CC[C@H](CC(C)(C)[Si](O)(c2ccccc2)c2ccccc2)[C@@H](Cc2ccccc2)C1. The minimum absolute atomic E-state index is 0.0901. The van der Waals surface area contributed by atoms with Crippen molar-refractivity contribution in [1.29, 1.82) is 0 Å². The van der Waals surface area contributed by atoms with Crippen LogP contribution in [0.3, 0.4) is 0 Å². The monoisotopic (exact) mass is 543 g/mol. The van der Waals surface area contributed by atoms with E-state index in [9.17, 15) is 9.59 Å². The van der Waals surface area contributed by atoms with Crippen molar-refractivity contribution in [3.05, 3.63) is 96.6 Å². The molecule has 3 aromatic rings. The number of alkyl carbamates (subject to hydrolysis) is 1. The van der Waals surface area contributed by atoms with Gasteiger partial charge in [-0.2, -0.15) is 0 Å². The van der Waals surface area contributed by atoms with Crippen LogP contribution in [0.5, 0.6) is 0 Å². The Morgan fingerprint density at radius 3 is 1.85 bits per heavy atom. The first-order chi connectivity index (χ1) is 18.5. The van der Waals surface area contributed by atoms with E-state index in [1.807, 2.05) is 57.2 Å². The number of hydrogen-bond donors (Lipinski definition) is 2. The first kappa shape index (κ1) is 29.1. The number of nitrogens with one attached hydrogen (secondary N) is 1. The second-order valence-electron chi connectivity index (χ2n) is 12.9. The van der Waals surface area contributed by atoms with Gasteiger partial charge in [0.05, 0.1) is 0 Å². The summed E-state index contributed by atoms with van der Waals surface area (Å²) in [5.74, 6) is 0.827. The molecule has 1 aliphatic rings. The van der Waals surface area contributed by atoms with Crippen molar-refractivity contribution in [2.24, 2.45) is 11.8 Å². The fourth-order valence-corrected chi connectivity index (χ4v) is 10.3. The first-order valence-corrected chi connectivity index (χ1v) is 16.3. The molecule has 4 nitrogen and oxygen atoms in total. The molecular formula is C34H45NO3Si. The van der Waals surface area contributed by atoms with Gasteiger partial charge in [0.2, 0.25) is 0 Å². The van der Waals surface area contributed by atoms with Gasteiger partial charge in [-0.05, 0) is 85.7 Å². The van der Waals surface area contributed by atoms with Crippen LogP contribution >= 0.6 is 0 Å². The van der Waals surface area contributed by atoms with E-state index in [1.165, 1.54) is 5.56 Å². The van der Waals surface area contributed by atoms with Crippen LogP contribution < -0.4 is 15.7 Å². The Morgan fingerprint density at radius 2 is 1.33 bits per heavy atom. The van der Waals surface area contributed by atoms with E-state index in [4.69, 9.17) is 4.74 Å². The van der Waals surface area contributed by atoms with Crippen molar-refractivity contribution in [3.63, 3.8) is 0 Å². The molecule has 39 heavy (non-hydrogen) atoms.